The molecule has 2 N–H and O–H groups in total. The summed E-state index contributed by atoms with van der Waals surface area (Å²) in [6.45, 7) is 1.76. The number of hydrogen-bond donors (Lipinski definition) is 1. The Balaban J connectivity index is 2.26. The fourth-order valence-corrected chi connectivity index (χ4v) is 1.61. The average molecular weight is 269 g/mol. The molecule has 0 atom stereocenters. The van der Waals surface area contributed by atoms with Crippen molar-refractivity contribution in [3.63, 3.8) is 0 Å². The SMILES string of the molecule is Cc1onc(C=Cc2ccc(Cl)c(Cl)c2)c1N. The highest BCUT2D eigenvalue weighted by Crippen LogP contribution is 2.24. The van der Waals surface area contributed by atoms with Crippen molar-refractivity contribution in [2.45, 2.75) is 6.92 Å². The number of rotatable bonds is 2. The second kappa shape index (κ2) is 4.82. The number of benzene rings is 1. The molecule has 0 radical (unpaired) electrons. The molecule has 0 spiro atoms. The van der Waals surface area contributed by atoms with Gasteiger partial charge < -0.3 is 10.3 Å². The van der Waals surface area contributed by atoms with Crippen LogP contribution >= 0.6 is 23.2 Å². The summed E-state index contributed by atoms with van der Waals surface area (Å²) < 4.78 is 4.95. The smallest absolute Gasteiger partial charge is 0.157 e. The third-order valence-corrected chi connectivity index (χ3v) is 3.05. The lowest BCUT2D eigenvalue weighted by atomic mass is 10.2. The standard InChI is InChI=1S/C12H10Cl2N2O/c1-7-12(15)11(16-17-7)5-3-8-2-4-9(13)10(14)6-8/h2-6H,15H2,1H3. The quantitative estimate of drug-likeness (QED) is 0.894. The molecule has 0 fully saturated rings. The maximum Gasteiger partial charge on any atom is 0.157 e. The van der Waals surface area contributed by atoms with Gasteiger partial charge in [-0.1, -0.05) is 40.5 Å². The van der Waals surface area contributed by atoms with Crippen molar-refractivity contribution in [2.24, 2.45) is 0 Å². The zero-order valence-electron chi connectivity index (χ0n) is 9.08. The first-order valence-electron chi connectivity index (χ1n) is 4.93. The highest BCUT2D eigenvalue weighted by molar-refractivity contribution is 6.42. The average Bonchev–Trinajstić information content (AvgIpc) is 2.62. The normalized spacial score (nSPS) is 11.2. The molecule has 0 aliphatic carbocycles. The molecule has 0 bridgehead atoms. The Morgan fingerprint density at radius 3 is 2.59 bits per heavy atom. The summed E-state index contributed by atoms with van der Waals surface area (Å²) >= 11 is 11.7. The topological polar surface area (TPSA) is 52.0 Å². The molecule has 1 aromatic carbocycles. The number of nitrogens with two attached hydrogens (primary N) is 1. The Kier molecular flexibility index (Phi) is 3.41. The number of nitrogens with zero attached hydrogens (tertiary/aromatic N) is 1. The fourth-order valence-electron chi connectivity index (χ4n) is 1.31. The van der Waals surface area contributed by atoms with Crippen LogP contribution in [0.2, 0.25) is 10.0 Å². The lowest BCUT2D eigenvalue weighted by Gasteiger charge is -1.97. The van der Waals surface area contributed by atoms with Crippen molar-refractivity contribution >= 4 is 41.0 Å². The maximum absolute atomic E-state index is 5.91. The van der Waals surface area contributed by atoms with Gasteiger partial charge in [-0.3, -0.25) is 0 Å². The van der Waals surface area contributed by atoms with Crippen molar-refractivity contribution in [1.82, 2.24) is 5.16 Å². The summed E-state index contributed by atoms with van der Waals surface area (Å²) in [6.07, 6.45) is 3.61. The summed E-state index contributed by atoms with van der Waals surface area (Å²) in [6, 6.07) is 5.36. The predicted molar refractivity (Wildman–Crippen MR) is 71.0 cm³/mol. The molecule has 0 saturated heterocycles. The van der Waals surface area contributed by atoms with Crippen LogP contribution in [-0.4, -0.2) is 5.16 Å². The first-order valence-corrected chi connectivity index (χ1v) is 5.68. The second-order valence-electron chi connectivity index (χ2n) is 3.54. The van der Waals surface area contributed by atoms with E-state index in [1.807, 2.05) is 12.1 Å². The van der Waals surface area contributed by atoms with E-state index in [-0.39, 0.29) is 0 Å². The minimum atomic E-state index is 0.512. The van der Waals surface area contributed by atoms with Crippen LogP contribution in [0.5, 0.6) is 0 Å². The number of nitrogen functional groups attached to an aromatic ring is 1. The Hall–Kier alpha value is -1.45. The Labute approximate surface area is 109 Å². The minimum Gasteiger partial charge on any atom is -0.394 e. The van der Waals surface area contributed by atoms with Gasteiger partial charge in [-0.05, 0) is 30.7 Å². The molecule has 88 valence electrons. The number of hydrogen-bond acceptors (Lipinski definition) is 3. The summed E-state index contributed by atoms with van der Waals surface area (Å²) in [4.78, 5) is 0. The van der Waals surface area contributed by atoms with Gasteiger partial charge in [-0.25, -0.2) is 0 Å². The lowest BCUT2D eigenvalue weighted by molar-refractivity contribution is 0.397. The van der Waals surface area contributed by atoms with Crippen LogP contribution in [0.3, 0.4) is 0 Å². The monoisotopic (exact) mass is 268 g/mol. The summed E-state index contributed by atoms with van der Waals surface area (Å²) in [5.41, 5.74) is 7.83. The molecule has 0 unspecified atom stereocenters. The van der Waals surface area contributed by atoms with E-state index in [1.54, 1.807) is 25.1 Å². The van der Waals surface area contributed by atoms with E-state index in [0.717, 1.165) is 5.56 Å². The molecule has 0 saturated carbocycles. The van der Waals surface area contributed by atoms with Gasteiger partial charge in [0.25, 0.3) is 0 Å². The van der Waals surface area contributed by atoms with Crippen LogP contribution in [0.1, 0.15) is 17.0 Å². The largest absolute Gasteiger partial charge is 0.394 e. The number of aromatic nitrogens is 1. The van der Waals surface area contributed by atoms with E-state index in [4.69, 9.17) is 33.5 Å². The van der Waals surface area contributed by atoms with Gasteiger partial charge in [0.1, 0.15) is 11.4 Å². The number of halogens is 2. The van der Waals surface area contributed by atoms with Crippen molar-refractivity contribution < 1.29 is 4.52 Å². The molecule has 3 nitrogen and oxygen atoms in total. The van der Waals surface area contributed by atoms with E-state index < -0.39 is 0 Å². The first kappa shape index (κ1) is 12.0. The fraction of sp³-hybridized carbons (Fsp3) is 0.0833. The van der Waals surface area contributed by atoms with Gasteiger partial charge in [0.15, 0.2) is 5.76 Å². The van der Waals surface area contributed by atoms with Crippen LogP contribution in [0.25, 0.3) is 12.2 Å². The lowest BCUT2D eigenvalue weighted by Crippen LogP contribution is -1.86. The van der Waals surface area contributed by atoms with Gasteiger partial charge in [0.05, 0.1) is 10.0 Å². The van der Waals surface area contributed by atoms with Gasteiger partial charge in [-0.2, -0.15) is 0 Å². The zero-order valence-corrected chi connectivity index (χ0v) is 10.6. The van der Waals surface area contributed by atoms with E-state index in [1.165, 1.54) is 0 Å². The maximum atomic E-state index is 5.91. The van der Waals surface area contributed by atoms with Crippen molar-refractivity contribution in [1.29, 1.82) is 0 Å². The summed E-state index contributed by atoms with van der Waals surface area (Å²) in [5, 5.41) is 4.86. The van der Waals surface area contributed by atoms with E-state index >= 15 is 0 Å². The van der Waals surface area contributed by atoms with Crippen LogP contribution in [0, 0.1) is 6.92 Å². The second-order valence-corrected chi connectivity index (χ2v) is 4.36. The van der Waals surface area contributed by atoms with Crippen molar-refractivity contribution in [3.05, 3.63) is 45.3 Å². The van der Waals surface area contributed by atoms with E-state index in [9.17, 15) is 0 Å². The molecule has 0 aliphatic heterocycles. The van der Waals surface area contributed by atoms with Crippen LogP contribution in [0.15, 0.2) is 22.7 Å². The highest BCUT2D eigenvalue weighted by atomic mass is 35.5. The molecule has 0 amide bonds. The number of aryl methyl sites for hydroxylation is 1. The molecular formula is C12H10Cl2N2O. The molecule has 5 heteroatoms. The van der Waals surface area contributed by atoms with Crippen LogP contribution in [-0.2, 0) is 0 Å². The van der Waals surface area contributed by atoms with Gasteiger partial charge in [0.2, 0.25) is 0 Å². The number of anilines is 1. The molecule has 1 aromatic heterocycles. The predicted octanol–water partition coefficient (Wildman–Crippen LogP) is 4.04. The van der Waals surface area contributed by atoms with E-state index in [0.29, 0.717) is 27.2 Å². The molecule has 2 aromatic rings. The van der Waals surface area contributed by atoms with E-state index in [2.05, 4.69) is 5.16 Å². The Morgan fingerprint density at radius 2 is 2.00 bits per heavy atom. The van der Waals surface area contributed by atoms with Crippen LogP contribution < -0.4 is 5.73 Å². The zero-order chi connectivity index (χ0) is 12.4. The third-order valence-electron chi connectivity index (χ3n) is 2.31. The molecular weight excluding hydrogens is 259 g/mol. The first-order chi connectivity index (χ1) is 8.08. The van der Waals surface area contributed by atoms with Crippen LogP contribution in [0.4, 0.5) is 5.69 Å². The highest BCUT2D eigenvalue weighted by Gasteiger charge is 2.05. The Morgan fingerprint density at radius 1 is 1.24 bits per heavy atom. The van der Waals surface area contributed by atoms with Gasteiger partial charge >= 0.3 is 0 Å². The summed E-state index contributed by atoms with van der Waals surface area (Å²) in [5.74, 6) is 0.610. The summed E-state index contributed by atoms with van der Waals surface area (Å²) in [7, 11) is 0. The minimum absolute atomic E-state index is 0.512. The molecule has 1 heterocycles. The molecule has 0 aliphatic rings. The molecule has 17 heavy (non-hydrogen) atoms. The van der Waals surface area contributed by atoms with Crippen molar-refractivity contribution in [2.75, 3.05) is 5.73 Å². The van der Waals surface area contributed by atoms with Crippen molar-refractivity contribution in [3.8, 4) is 0 Å². The molecule has 2 rings (SSSR count). The van der Waals surface area contributed by atoms with Gasteiger partial charge in [-0.15, -0.1) is 0 Å². The third kappa shape index (κ3) is 2.62. The van der Waals surface area contributed by atoms with Gasteiger partial charge in [0, 0.05) is 0 Å². The Bertz CT molecular complexity index is 576.